The van der Waals surface area contributed by atoms with Crippen molar-refractivity contribution in [2.75, 3.05) is 18.0 Å². The molecule has 0 radical (unpaired) electrons. The van der Waals surface area contributed by atoms with E-state index in [4.69, 9.17) is 4.74 Å². The van der Waals surface area contributed by atoms with Crippen LogP contribution in [0.2, 0.25) is 0 Å². The molecule has 4 aromatic rings. The zero-order valence-electron chi connectivity index (χ0n) is 18.7. The van der Waals surface area contributed by atoms with Crippen LogP contribution in [0, 0.1) is 5.82 Å². The van der Waals surface area contributed by atoms with Gasteiger partial charge in [0.2, 0.25) is 0 Å². The van der Waals surface area contributed by atoms with E-state index in [9.17, 15) is 4.39 Å². The van der Waals surface area contributed by atoms with Gasteiger partial charge in [-0.15, -0.1) is 10.2 Å². The summed E-state index contributed by atoms with van der Waals surface area (Å²) in [6, 6.07) is 27.1. The van der Waals surface area contributed by atoms with Gasteiger partial charge in [-0.1, -0.05) is 42.5 Å². The molecule has 3 aromatic carbocycles. The Kier molecular flexibility index (Phi) is 5.10. The fraction of sp³-hybridized carbons (Fsp3) is 0.172. The topological polar surface area (TPSA) is 38.2 Å². The summed E-state index contributed by atoms with van der Waals surface area (Å²) in [5.41, 5.74) is 4.84. The number of anilines is 1. The number of fused-ring (bicyclic) bond motifs is 1. The van der Waals surface area contributed by atoms with E-state index in [1.807, 2.05) is 18.2 Å². The second-order valence-electron chi connectivity index (χ2n) is 8.89. The summed E-state index contributed by atoms with van der Waals surface area (Å²) in [7, 11) is 0. The number of benzene rings is 3. The molecule has 0 atom stereocenters. The molecule has 5 heteroatoms. The number of hydrogen-bond donors (Lipinski definition) is 0. The summed E-state index contributed by atoms with van der Waals surface area (Å²) < 4.78 is 19.7. The molecular weight excluding hydrogens is 425 g/mol. The molecular formula is C29H24FN3O. The smallest absolute Gasteiger partial charge is 0.151 e. The highest BCUT2D eigenvalue weighted by Crippen LogP contribution is 2.39. The van der Waals surface area contributed by atoms with Crippen molar-refractivity contribution >= 4 is 11.9 Å². The van der Waals surface area contributed by atoms with Gasteiger partial charge in [0.15, 0.2) is 5.82 Å². The Bertz CT molecular complexity index is 1330. The molecule has 34 heavy (non-hydrogen) atoms. The number of piperidine rings is 1. The maximum Gasteiger partial charge on any atom is 0.151 e. The molecule has 0 unspecified atom stereocenters. The molecule has 3 heterocycles. The molecule has 1 aromatic heterocycles. The van der Waals surface area contributed by atoms with Crippen molar-refractivity contribution in [3.63, 3.8) is 0 Å². The summed E-state index contributed by atoms with van der Waals surface area (Å²) in [5.74, 6) is 1.54. The molecule has 0 aliphatic carbocycles. The van der Waals surface area contributed by atoms with E-state index >= 15 is 0 Å². The summed E-state index contributed by atoms with van der Waals surface area (Å²) in [6.07, 6.45) is 6.19. The fourth-order valence-electron chi connectivity index (χ4n) is 4.73. The Labute approximate surface area is 198 Å². The molecule has 0 amide bonds. The third kappa shape index (κ3) is 3.94. The van der Waals surface area contributed by atoms with Crippen molar-refractivity contribution < 1.29 is 9.13 Å². The Balaban J connectivity index is 1.14. The highest BCUT2D eigenvalue weighted by atomic mass is 19.1. The maximum absolute atomic E-state index is 13.2. The lowest BCUT2D eigenvalue weighted by atomic mass is 9.87. The predicted molar refractivity (Wildman–Crippen MR) is 133 cm³/mol. The van der Waals surface area contributed by atoms with Crippen LogP contribution in [0.1, 0.15) is 18.4 Å². The van der Waals surface area contributed by atoms with E-state index in [0.29, 0.717) is 0 Å². The Morgan fingerprint density at radius 3 is 2.26 bits per heavy atom. The standard InChI is InChI=1S/C29H24FN3O/c30-25-9-6-22(7-10-25)26-11-13-28(32-31-26)33-18-16-29(17-19-33)15-14-24-20-23(8-12-27(24)34-29)21-4-2-1-3-5-21/h1-15,20H,16-19H2. The minimum Gasteiger partial charge on any atom is -0.482 e. The van der Waals surface area contributed by atoms with Gasteiger partial charge in [-0.3, -0.25) is 0 Å². The van der Waals surface area contributed by atoms with Crippen molar-refractivity contribution in [3.05, 3.63) is 102 Å². The molecule has 2 aliphatic heterocycles. The molecule has 6 rings (SSSR count). The molecule has 2 aliphatic rings. The van der Waals surface area contributed by atoms with Crippen LogP contribution in [-0.2, 0) is 0 Å². The van der Waals surface area contributed by atoms with E-state index < -0.39 is 0 Å². The summed E-state index contributed by atoms with van der Waals surface area (Å²) in [4.78, 5) is 2.25. The maximum atomic E-state index is 13.2. The van der Waals surface area contributed by atoms with Crippen LogP contribution in [0.3, 0.4) is 0 Å². The number of ether oxygens (including phenoxy) is 1. The van der Waals surface area contributed by atoms with E-state index in [1.54, 1.807) is 12.1 Å². The molecule has 0 bridgehead atoms. The zero-order chi connectivity index (χ0) is 23.0. The molecule has 0 N–H and O–H groups in total. The average molecular weight is 450 g/mol. The Morgan fingerprint density at radius 1 is 0.765 bits per heavy atom. The van der Waals surface area contributed by atoms with Crippen molar-refractivity contribution in [1.82, 2.24) is 10.2 Å². The number of hydrogen-bond acceptors (Lipinski definition) is 4. The summed E-state index contributed by atoms with van der Waals surface area (Å²) in [5, 5.41) is 8.79. The minimum absolute atomic E-state index is 0.256. The third-order valence-electron chi connectivity index (χ3n) is 6.72. The van der Waals surface area contributed by atoms with E-state index in [-0.39, 0.29) is 11.4 Å². The molecule has 1 spiro atoms. The summed E-state index contributed by atoms with van der Waals surface area (Å²) in [6.45, 7) is 1.68. The minimum atomic E-state index is -0.279. The number of halogens is 1. The first-order chi connectivity index (χ1) is 16.7. The fourth-order valence-corrected chi connectivity index (χ4v) is 4.73. The van der Waals surface area contributed by atoms with Gasteiger partial charge < -0.3 is 9.64 Å². The lowest BCUT2D eigenvalue weighted by Gasteiger charge is -2.42. The van der Waals surface area contributed by atoms with Crippen LogP contribution in [0.15, 0.2) is 91.0 Å². The van der Waals surface area contributed by atoms with Crippen molar-refractivity contribution in [1.29, 1.82) is 0 Å². The lowest BCUT2D eigenvalue weighted by Crippen LogP contribution is -2.48. The van der Waals surface area contributed by atoms with Crippen LogP contribution in [-0.4, -0.2) is 28.9 Å². The normalized spacial score (nSPS) is 16.2. The second-order valence-corrected chi connectivity index (χ2v) is 8.89. The molecule has 1 fully saturated rings. The number of nitrogens with zero attached hydrogens (tertiary/aromatic N) is 3. The van der Waals surface area contributed by atoms with Crippen LogP contribution >= 0.6 is 0 Å². The van der Waals surface area contributed by atoms with Crippen LogP contribution < -0.4 is 9.64 Å². The largest absolute Gasteiger partial charge is 0.482 e. The van der Waals surface area contributed by atoms with Gasteiger partial charge >= 0.3 is 0 Å². The van der Waals surface area contributed by atoms with Crippen LogP contribution in [0.25, 0.3) is 28.5 Å². The lowest BCUT2D eigenvalue weighted by molar-refractivity contribution is 0.0891. The van der Waals surface area contributed by atoms with Gasteiger partial charge in [-0.25, -0.2) is 4.39 Å². The zero-order valence-corrected chi connectivity index (χ0v) is 18.7. The van der Waals surface area contributed by atoms with Crippen molar-refractivity contribution in [2.24, 2.45) is 0 Å². The van der Waals surface area contributed by atoms with E-state index in [0.717, 1.165) is 54.3 Å². The van der Waals surface area contributed by atoms with Gasteiger partial charge in [0.05, 0.1) is 5.69 Å². The van der Waals surface area contributed by atoms with Gasteiger partial charge in [0, 0.05) is 37.1 Å². The molecule has 168 valence electrons. The third-order valence-corrected chi connectivity index (χ3v) is 6.72. The highest BCUT2D eigenvalue weighted by Gasteiger charge is 2.37. The van der Waals surface area contributed by atoms with Gasteiger partial charge in [0.1, 0.15) is 17.2 Å². The van der Waals surface area contributed by atoms with Crippen molar-refractivity contribution in [3.8, 4) is 28.1 Å². The van der Waals surface area contributed by atoms with E-state index in [2.05, 4.69) is 69.7 Å². The molecule has 0 saturated carbocycles. The van der Waals surface area contributed by atoms with Crippen LogP contribution in [0.4, 0.5) is 10.2 Å². The molecule has 1 saturated heterocycles. The number of aromatic nitrogens is 2. The Morgan fingerprint density at radius 2 is 1.53 bits per heavy atom. The van der Waals surface area contributed by atoms with Gasteiger partial charge in [-0.05, 0) is 65.7 Å². The SMILES string of the molecule is Fc1ccc(-c2ccc(N3CCC4(C=Cc5cc(-c6ccccc6)ccc5O4)CC3)nn2)cc1. The van der Waals surface area contributed by atoms with Crippen molar-refractivity contribution in [2.45, 2.75) is 18.4 Å². The summed E-state index contributed by atoms with van der Waals surface area (Å²) >= 11 is 0. The highest BCUT2D eigenvalue weighted by molar-refractivity contribution is 5.72. The second kappa shape index (κ2) is 8.41. The average Bonchev–Trinajstić information content (AvgIpc) is 2.90. The predicted octanol–water partition coefficient (Wildman–Crippen LogP) is 6.39. The van der Waals surface area contributed by atoms with Gasteiger partial charge in [0.25, 0.3) is 0 Å². The first-order valence-electron chi connectivity index (χ1n) is 11.6. The first kappa shape index (κ1) is 20.6. The first-order valence-corrected chi connectivity index (χ1v) is 11.6. The quantitative estimate of drug-likeness (QED) is 0.363. The van der Waals surface area contributed by atoms with Crippen LogP contribution in [0.5, 0.6) is 5.75 Å². The molecule has 4 nitrogen and oxygen atoms in total. The number of rotatable bonds is 3. The van der Waals surface area contributed by atoms with E-state index in [1.165, 1.54) is 23.3 Å². The Hall–Kier alpha value is -3.99. The monoisotopic (exact) mass is 449 g/mol. The van der Waals surface area contributed by atoms with Gasteiger partial charge in [-0.2, -0.15) is 0 Å².